The molecule has 28 heavy (non-hydrogen) atoms. The van der Waals surface area contributed by atoms with E-state index in [-0.39, 0.29) is 23.7 Å². The van der Waals surface area contributed by atoms with Gasteiger partial charge in [-0.15, -0.1) is 0 Å². The third-order valence-corrected chi connectivity index (χ3v) is 4.23. The monoisotopic (exact) mass is 383 g/mol. The van der Waals surface area contributed by atoms with E-state index in [2.05, 4.69) is 0 Å². The fourth-order valence-electron chi connectivity index (χ4n) is 2.72. The Morgan fingerprint density at radius 2 is 1.71 bits per heavy atom. The summed E-state index contributed by atoms with van der Waals surface area (Å²) in [5, 5.41) is 0. The van der Waals surface area contributed by atoms with Crippen LogP contribution in [0.15, 0.2) is 64.2 Å². The van der Waals surface area contributed by atoms with Crippen LogP contribution in [-0.2, 0) is 13.6 Å². The Balaban J connectivity index is 1.93. The van der Waals surface area contributed by atoms with Crippen molar-refractivity contribution in [1.82, 2.24) is 9.13 Å². The summed E-state index contributed by atoms with van der Waals surface area (Å²) < 4.78 is 20.3. The van der Waals surface area contributed by atoms with Crippen LogP contribution in [0.2, 0.25) is 0 Å². The van der Waals surface area contributed by atoms with Crippen molar-refractivity contribution in [2.24, 2.45) is 7.05 Å². The predicted molar refractivity (Wildman–Crippen MR) is 102 cm³/mol. The van der Waals surface area contributed by atoms with E-state index in [1.807, 2.05) is 6.07 Å². The topological polar surface area (TPSA) is 96.3 Å². The number of nitrogens with two attached hydrogens (primary N) is 1. The van der Waals surface area contributed by atoms with Crippen molar-refractivity contribution >= 4 is 11.6 Å². The number of halogens is 1. The molecule has 0 radical (unpaired) electrons. The van der Waals surface area contributed by atoms with Gasteiger partial charge in [-0.1, -0.05) is 30.3 Å². The van der Waals surface area contributed by atoms with E-state index in [1.54, 1.807) is 24.3 Å². The van der Waals surface area contributed by atoms with Gasteiger partial charge in [0, 0.05) is 7.05 Å². The fourth-order valence-corrected chi connectivity index (χ4v) is 2.72. The predicted octanol–water partition coefficient (Wildman–Crippen LogP) is 1.58. The van der Waals surface area contributed by atoms with Gasteiger partial charge < -0.3 is 10.5 Å². The molecule has 0 saturated carbocycles. The molecule has 3 aromatic rings. The molecule has 0 atom stereocenters. The van der Waals surface area contributed by atoms with E-state index in [0.29, 0.717) is 0 Å². The Bertz CT molecular complexity index is 1120. The summed E-state index contributed by atoms with van der Waals surface area (Å²) in [7, 11) is 1.28. The highest BCUT2D eigenvalue weighted by atomic mass is 19.1. The van der Waals surface area contributed by atoms with Gasteiger partial charge in [-0.05, 0) is 29.8 Å². The quantitative estimate of drug-likeness (QED) is 0.652. The molecule has 0 amide bonds. The lowest BCUT2D eigenvalue weighted by molar-refractivity contribution is 0.0919. The zero-order valence-corrected chi connectivity index (χ0v) is 15.1. The minimum absolute atomic E-state index is 0.110. The van der Waals surface area contributed by atoms with Gasteiger partial charge in [-0.25, -0.2) is 9.18 Å². The van der Waals surface area contributed by atoms with E-state index in [1.165, 1.54) is 35.9 Å². The highest BCUT2D eigenvalue weighted by molar-refractivity contribution is 6.00. The molecule has 1 heterocycles. The Kier molecular flexibility index (Phi) is 5.39. The molecule has 1 aromatic heterocycles. The minimum atomic E-state index is -0.792. The van der Waals surface area contributed by atoms with Crippen LogP contribution in [0.4, 0.5) is 10.2 Å². The number of carbonyl (C=O) groups excluding carboxylic acids is 1. The lowest BCUT2D eigenvalue weighted by atomic mass is 10.2. The van der Waals surface area contributed by atoms with Crippen LogP contribution in [0.25, 0.3) is 0 Å². The van der Waals surface area contributed by atoms with Gasteiger partial charge in [0.2, 0.25) is 5.78 Å². The maximum atomic E-state index is 12.9. The molecule has 3 rings (SSSR count). The van der Waals surface area contributed by atoms with Crippen LogP contribution in [0.5, 0.6) is 5.75 Å². The van der Waals surface area contributed by atoms with Crippen molar-refractivity contribution in [2.45, 2.75) is 6.54 Å². The van der Waals surface area contributed by atoms with E-state index in [0.717, 1.165) is 10.1 Å². The number of rotatable bonds is 6. The van der Waals surface area contributed by atoms with Gasteiger partial charge in [0.25, 0.3) is 5.56 Å². The third kappa shape index (κ3) is 3.85. The van der Waals surface area contributed by atoms with E-state index in [4.69, 9.17) is 10.5 Å². The first-order chi connectivity index (χ1) is 13.4. The number of ether oxygens (including phenoxy) is 1. The number of Topliss-reactive ketones (excluding diaryl/α,β-unsaturated/α-hetero) is 1. The molecule has 0 aliphatic heterocycles. The molecule has 0 saturated heterocycles. The molecule has 0 aliphatic rings. The maximum Gasteiger partial charge on any atom is 0.332 e. The summed E-state index contributed by atoms with van der Waals surface area (Å²) in [6.07, 6.45) is 0. The van der Waals surface area contributed by atoms with Crippen LogP contribution in [0.3, 0.4) is 0 Å². The molecular weight excluding hydrogens is 365 g/mol. The summed E-state index contributed by atoms with van der Waals surface area (Å²) in [5.41, 5.74) is 5.07. The first-order valence-electron chi connectivity index (χ1n) is 8.43. The molecule has 7 nitrogen and oxygen atoms in total. The van der Waals surface area contributed by atoms with Gasteiger partial charge in [0.15, 0.2) is 6.61 Å². The Morgan fingerprint density at radius 3 is 2.36 bits per heavy atom. The van der Waals surface area contributed by atoms with Crippen molar-refractivity contribution in [3.8, 4) is 5.75 Å². The first kappa shape index (κ1) is 19.1. The van der Waals surface area contributed by atoms with Crippen LogP contribution in [0.1, 0.15) is 15.9 Å². The molecule has 2 N–H and O–H groups in total. The van der Waals surface area contributed by atoms with Crippen LogP contribution >= 0.6 is 0 Å². The Morgan fingerprint density at radius 1 is 1.07 bits per heavy atom. The van der Waals surface area contributed by atoms with Crippen LogP contribution in [-0.4, -0.2) is 21.5 Å². The molecule has 0 bridgehead atoms. The van der Waals surface area contributed by atoms with Gasteiger partial charge in [-0.3, -0.25) is 18.7 Å². The largest absolute Gasteiger partial charge is 0.485 e. The van der Waals surface area contributed by atoms with E-state index >= 15 is 0 Å². The summed E-state index contributed by atoms with van der Waals surface area (Å²) in [5.74, 6) is -1.07. The lowest BCUT2D eigenvalue weighted by Crippen LogP contribution is -2.43. The minimum Gasteiger partial charge on any atom is -0.485 e. The third-order valence-electron chi connectivity index (χ3n) is 4.23. The standard InChI is InChI=1S/C20H18FN3O4/c1-23-19(26)17(16(25)12-28-15-9-7-14(21)8-10-15)18(22)24(20(23)27)11-13-5-3-2-4-6-13/h2-10H,11-12,22H2,1H3. The van der Waals surface area contributed by atoms with Gasteiger partial charge in [0.05, 0.1) is 6.54 Å². The molecule has 144 valence electrons. The molecule has 2 aromatic carbocycles. The summed E-state index contributed by atoms with van der Waals surface area (Å²) in [6.45, 7) is -0.368. The second-order valence-electron chi connectivity index (χ2n) is 6.14. The number of anilines is 1. The van der Waals surface area contributed by atoms with Crippen molar-refractivity contribution < 1.29 is 13.9 Å². The Labute approximate surface area is 159 Å². The van der Waals surface area contributed by atoms with Gasteiger partial charge in [-0.2, -0.15) is 0 Å². The highest BCUT2D eigenvalue weighted by Gasteiger charge is 2.22. The molecule has 8 heteroatoms. The van der Waals surface area contributed by atoms with Crippen LogP contribution in [0, 0.1) is 5.82 Å². The average Bonchev–Trinajstić information content (AvgIpc) is 2.70. The van der Waals surface area contributed by atoms with Gasteiger partial charge >= 0.3 is 5.69 Å². The fraction of sp³-hybridized carbons (Fsp3) is 0.150. The SMILES string of the molecule is Cn1c(=O)c(C(=O)COc2ccc(F)cc2)c(N)n(Cc2ccccc2)c1=O. The average molecular weight is 383 g/mol. The van der Waals surface area contributed by atoms with Crippen molar-refractivity contribution in [3.05, 3.63) is 92.4 Å². The Hall–Kier alpha value is -3.68. The number of benzene rings is 2. The van der Waals surface area contributed by atoms with Crippen LogP contribution < -0.4 is 21.7 Å². The second-order valence-corrected chi connectivity index (χ2v) is 6.14. The number of carbonyl (C=O) groups is 1. The molecule has 0 aliphatic carbocycles. The second kappa shape index (κ2) is 7.91. The number of hydrogen-bond acceptors (Lipinski definition) is 5. The molecule has 0 spiro atoms. The van der Waals surface area contributed by atoms with E-state index in [9.17, 15) is 18.8 Å². The summed E-state index contributed by atoms with van der Waals surface area (Å²) >= 11 is 0. The number of ketones is 1. The zero-order chi connectivity index (χ0) is 20.3. The number of nitrogen functional groups attached to an aromatic ring is 1. The van der Waals surface area contributed by atoms with E-state index < -0.39 is 29.5 Å². The maximum absolute atomic E-state index is 12.9. The number of nitrogens with zero attached hydrogens (tertiary/aromatic N) is 2. The van der Waals surface area contributed by atoms with Crippen molar-refractivity contribution in [2.75, 3.05) is 12.3 Å². The summed E-state index contributed by atoms with van der Waals surface area (Å²) in [4.78, 5) is 37.5. The zero-order valence-electron chi connectivity index (χ0n) is 15.1. The van der Waals surface area contributed by atoms with Crippen molar-refractivity contribution in [3.63, 3.8) is 0 Å². The summed E-state index contributed by atoms with van der Waals surface area (Å²) in [6, 6.07) is 14.1. The lowest BCUT2D eigenvalue weighted by Gasteiger charge is -2.15. The molecule has 0 fully saturated rings. The van der Waals surface area contributed by atoms with Crippen molar-refractivity contribution in [1.29, 1.82) is 0 Å². The smallest absolute Gasteiger partial charge is 0.332 e. The molecule has 0 unspecified atom stereocenters. The number of hydrogen-bond donors (Lipinski definition) is 1. The first-order valence-corrected chi connectivity index (χ1v) is 8.43. The molecular formula is C20H18FN3O4. The number of aromatic nitrogens is 2. The van der Waals surface area contributed by atoms with Gasteiger partial charge in [0.1, 0.15) is 22.9 Å². The normalized spacial score (nSPS) is 10.6. The highest BCUT2D eigenvalue weighted by Crippen LogP contribution is 2.13.